The number of anilines is 2. The highest BCUT2D eigenvalue weighted by Gasteiger charge is 2.36. The van der Waals surface area contributed by atoms with Gasteiger partial charge in [-0.05, 0) is 52.3 Å². The van der Waals surface area contributed by atoms with E-state index in [1.807, 2.05) is 0 Å². The van der Waals surface area contributed by atoms with Crippen molar-refractivity contribution < 1.29 is 9.59 Å². The van der Waals surface area contributed by atoms with E-state index in [0.29, 0.717) is 32.0 Å². The molecule has 1 aliphatic rings. The molecule has 0 fully saturated rings. The van der Waals surface area contributed by atoms with Crippen molar-refractivity contribution >= 4 is 50.7 Å². The molecule has 2 N–H and O–H groups in total. The van der Waals surface area contributed by atoms with E-state index in [1.54, 1.807) is 30.3 Å². The van der Waals surface area contributed by atoms with Gasteiger partial charge in [0.05, 0.1) is 21.8 Å². The molecule has 2 aromatic rings. The smallest absolute Gasteiger partial charge is 0.266 e. The zero-order valence-corrected chi connectivity index (χ0v) is 12.4. The maximum absolute atomic E-state index is 12.4. The summed E-state index contributed by atoms with van der Waals surface area (Å²) in [5.41, 5.74) is 7.25. The van der Waals surface area contributed by atoms with E-state index in [2.05, 4.69) is 15.9 Å². The summed E-state index contributed by atoms with van der Waals surface area (Å²) in [6, 6.07) is 9.56. The van der Waals surface area contributed by atoms with Crippen molar-refractivity contribution in [3.63, 3.8) is 0 Å². The summed E-state index contributed by atoms with van der Waals surface area (Å²) in [4.78, 5) is 25.8. The first-order valence-electron chi connectivity index (χ1n) is 5.72. The van der Waals surface area contributed by atoms with E-state index in [-0.39, 0.29) is 11.8 Å². The van der Waals surface area contributed by atoms with Crippen LogP contribution in [0.15, 0.2) is 40.9 Å². The maximum atomic E-state index is 12.4. The van der Waals surface area contributed by atoms with Gasteiger partial charge in [-0.3, -0.25) is 9.59 Å². The summed E-state index contributed by atoms with van der Waals surface area (Å²) in [5.74, 6) is -0.745. The predicted molar refractivity (Wildman–Crippen MR) is 81.1 cm³/mol. The van der Waals surface area contributed by atoms with Gasteiger partial charge in [0, 0.05) is 10.2 Å². The quantitative estimate of drug-likeness (QED) is 0.632. The number of halogens is 2. The average Bonchev–Trinajstić information content (AvgIpc) is 2.65. The number of rotatable bonds is 1. The summed E-state index contributed by atoms with van der Waals surface area (Å²) < 4.78 is 0.618. The van der Waals surface area contributed by atoms with E-state index in [9.17, 15) is 9.59 Å². The third-order valence-electron chi connectivity index (χ3n) is 3.07. The number of hydrogen-bond donors (Lipinski definition) is 1. The Morgan fingerprint density at radius 3 is 2.40 bits per heavy atom. The molecule has 0 unspecified atom stereocenters. The molecule has 1 heterocycles. The minimum absolute atomic E-state index is 0.320. The number of imide groups is 1. The van der Waals surface area contributed by atoms with Gasteiger partial charge < -0.3 is 5.73 Å². The Labute approximate surface area is 128 Å². The molecule has 0 saturated heterocycles. The molecule has 0 spiro atoms. The van der Waals surface area contributed by atoms with Crippen LogP contribution in [-0.2, 0) is 0 Å². The molecule has 0 saturated carbocycles. The average molecular weight is 352 g/mol. The van der Waals surface area contributed by atoms with E-state index in [1.165, 1.54) is 6.07 Å². The topological polar surface area (TPSA) is 63.4 Å². The lowest BCUT2D eigenvalue weighted by molar-refractivity contribution is 0.0926. The third-order valence-corrected chi connectivity index (χ3v) is 4.29. The van der Waals surface area contributed by atoms with Gasteiger partial charge in [0.1, 0.15) is 0 Å². The fraction of sp³-hybridized carbons (Fsp3) is 0. The van der Waals surface area contributed by atoms with Gasteiger partial charge in [-0.25, -0.2) is 4.90 Å². The van der Waals surface area contributed by atoms with Crippen molar-refractivity contribution in [3.8, 4) is 0 Å². The standard InChI is InChI=1S/C14H8BrClN2O2/c15-11-6-8(2-4-12(11)16)18-13(19)9-3-1-7(17)5-10(9)14(18)20/h1-6H,17H2. The number of nitrogens with zero attached hydrogens (tertiary/aromatic N) is 1. The highest BCUT2D eigenvalue weighted by Crippen LogP contribution is 2.33. The van der Waals surface area contributed by atoms with Gasteiger partial charge in [-0.1, -0.05) is 11.6 Å². The molecule has 4 nitrogen and oxygen atoms in total. The fourth-order valence-electron chi connectivity index (χ4n) is 2.12. The lowest BCUT2D eigenvalue weighted by Gasteiger charge is -2.14. The van der Waals surface area contributed by atoms with Crippen molar-refractivity contribution in [2.45, 2.75) is 0 Å². The zero-order valence-electron chi connectivity index (χ0n) is 10.1. The lowest BCUT2D eigenvalue weighted by atomic mass is 10.1. The number of carbonyl (C=O) groups excluding carboxylic acids is 2. The Bertz CT molecular complexity index is 761. The van der Waals surface area contributed by atoms with Crippen molar-refractivity contribution in [1.82, 2.24) is 0 Å². The Balaban J connectivity index is 2.11. The molecule has 0 radical (unpaired) electrons. The van der Waals surface area contributed by atoms with Crippen LogP contribution < -0.4 is 10.6 Å². The minimum Gasteiger partial charge on any atom is -0.399 e. The predicted octanol–water partition coefficient (Wildman–Crippen LogP) is 3.49. The van der Waals surface area contributed by atoms with Crippen LogP contribution in [-0.4, -0.2) is 11.8 Å². The molecular weight excluding hydrogens is 344 g/mol. The molecule has 1 aliphatic heterocycles. The molecule has 3 rings (SSSR count). The fourth-order valence-corrected chi connectivity index (χ4v) is 2.60. The molecule has 0 aliphatic carbocycles. The Morgan fingerprint density at radius 2 is 1.70 bits per heavy atom. The summed E-state index contributed by atoms with van der Waals surface area (Å²) in [7, 11) is 0. The number of hydrogen-bond acceptors (Lipinski definition) is 3. The third kappa shape index (κ3) is 1.90. The molecule has 0 bridgehead atoms. The van der Waals surface area contributed by atoms with Crippen LogP contribution >= 0.6 is 27.5 Å². The van der Waals surface area contributed by atoms with E-state index >= 15 is 0 Å². The van der Waals surface area contributed by atoms with Crippen molar-refractivity contribution in [2.24, 2.45) is 0 Å². The maximum Gasteiger partial charge on any atom is 0.266 e. The van der Waals surface area contributed by atoms with E-state index < -0.39 is 0 Å². The molecule has 0 aromatic heterocycles. The normalized spacial score (nSPS) is 13.8. The summed E-state index contributed by atoms with van der Waals surface area (Å²) in [5, 5.41) is 0.509. The number of nitrogen functional groups attached to an aromatic ring is 1. The molecular formula is C14H8BrClN2O2. The highest BCUT2D eigenvalue weighted by molar-refractivity contribution is 9.10. The van der Waals surface area contributed by atoms with Gasteiger partial charge in [0.15, 0.2) is 0 Å². The summed E-state index contributed by atoms with van der Waals surface area (Å²) in [6.45, 7) is 0. The Hall–Kier alpha value is -1.85. The Morgan fingerprint density at radius 1 is 1.00 bits per heavy atom. The minimum atomic E-state index is -0.383. The number of fused-ring (bicyclic) bond motifs is 1. The van der Waals surface area contributed by atoms with Crippen LogP contribution in [0.5, 0.6) is 0 Å². The van der Waals surface area contributed by atoms with Gasteiger partial charge in [0.25, 0.3) is 11.8 Å². The molecule has 2 amide bonds. The SMILES string of the molecule is Nc1ccc2c(c1)C(=O)N(c1ccc(Cl)c(Br)c1)C2=O. The first-order chi connectivity index (χ1) is 9.49. The van der Waals surface area contributed by atoms with Gasteiger partial charge in [-0.15, -0.1) is 0 Å². The van der Waals surface area contributed by atoms with Crippen LogP contribution in [0.2, 0.25) is 5.02 Å². The van der Waals surface area contributed by atoms with Crippen LogP contribution in [0.4, 0.5) is 11.4 Å². The zero-order chi connectivity index (χ0) is 14.4. The second-order valence-electron chi connectivity index (χ2n) is 4.35. The van der Waals surface area contributed by atoms with Crippen LogP contribution in [0.1, 0.15) is 20.7 Å². The van der Waals surface area contributed by atoms with Crippen LogP contribution in [0.25, 0.3) is 0 Å². The molecule has 100 valence electrons. The Kier molecular flexibility index (Phi) is 3.03. The number of benzene rings is 2. The second kappa shape index (κ2) is 4.61. The van der Waals surface area contributed by atoms with E-state index in [4.69, 9.17) is 17.3 Å². The number of nitrogens with two attached hydrogens (primary N) is 1. The van der Waals surface area contributed by atoms with Crippen LogP contribution in [0, 0.1) is 0 Å². The van der Waals surface area contributed by atoms with Crippen molar-refractivity contribution in [2.75, 3.05) is 10.6 Å². The van der Waals surface area contributed by atoms with Gasteiger partial charge in [-0.2, -0.15) is 0 Å². The van der Waals surface area contributed by atoms with Gasteiger partial charge >= 0.3 is 0 Å². The molecule has 6 heteroatoms. The summed E-state index contributed by atoms with van der Waals surface area (Å²) in [6.07, 6.45) is 0. The van der Waals surface area contributed by atoms with Crippen molar-refractivity contribution in [3.05, 3.63) is 57.0 Å². The number of carbonyl (C=O) groups is 2. The van der Waals surface area contributed by atoms with Crippen molar-refractivity contribution in [1.29, 1.82) is 0 Å². The molecule has 20 heavy (non-hydrogen) atoms. The van der Waals surface area contributed by atoms with Crippen LogP contribution in [0.3, 0.4) is 0 Å². The largest absolute Gasteiger partial charge is 0.399 e. The summed E-state index contributed by atoms with van der Waals surface area (Å²) >= 11 is 9.20. The first-order valence-corrected chi connectivity index (χ1v) is 6.89. The van der Waals surface area contributed by atoms with Gasteiger partial charge in [0.2, 0.25) is 0 Å². The highest BCUT2D eigenvalue weighted by atomic mass is 79.9. The first kappa shape index (κ1) is 13.1. The molecule has 0 atom stereocenters. The second-order valence-corrected chi connectivity index (χ2v) is 5.61. The number of amides is 2. The lowest BCUT2D eigenvalue weighted by Crippen LogP contribution is -2.29. The molecule has 2 aromatic carbocycles. The van der Waals surface area contributed by atoms with E-state index in [0.717, 1.165) is 4.90 Å². The monoisotopic (exact) mass is 350 g/mol.